The average molecular weight is 486 g/mol. The monoisotopic (exact) mass is 486 g/mol. The van der Waals surface area contributed by atoms with E-state index in [9.17, 15) is 13.2 Å². The van der Waals surface area contributed by atoms with Gasteiger partial charge in [0, 0.05) is 26.7 Å². The fourth-order valence-corrected chi connectivity index (χ4v) is 2.64. The number of nitrogens with zero attached hydrogens (tertiary/aromatic N) is 2. The van der Waals surface area contributed by atoms with Gasteiger partial charge in [-0.1, -0.05) is 26.0 Å². The largest absolute Gasteiger partial charge is 0.416 e. The molecule has 0 aromatic heterocycles. The van der Waals surface area contributed by atoms with E-state index in [4.69, 9.17) is 0 Å². The van der Waals surface area contributed by atoms with E-state index in [2.05, 4.69) is 34.4 Å². The maximum atomic E-state index is 12.5. The van der Waals surface area contributed by atoms with Crippen LogP contribution in [0.3, 0.4) is 0 Å². The Hall–Kier alpha value is -1.03. The number of hydrogen-bond acceptors (Lipinski definition) is 2. The molecule has 0 aliphatic carbocycles. The smallest absolute Gasteiger partial charge is 0.356 e. The molecule has 0 saturated carbocycles. The van der Waals surface area contributed by atoms with E-state index in [1.165, 1.54) is 12.1 Å². The van der Waals surface area contributed by atoms with Gasteiger partial charge in [-0.2, -0.15) is 13.2 Å². The molecule has 0 bridgehead atoms. The number of alkyl halides is 3. The van der Waals surface area contributed by atoms with Crippen molar-refractivity contribution < 1.29 is 13.2 Å². The standard InChI is InChI=1S/C18H29F3N4.HI/c1-17(2,13-25(4)5)12-24-16(22-3)23-11-10-14-6-8-15(9-7-14)18(19,20)21;/h6-9H,10-13H2,1-5H3,(H2,22,23,24);1H. The van der Waals surface area contributed by atoms with Gasteiger partial charge in [-0.25, -0.2) is 0 Å². The number of rotatable bonds is 7. The minimum atomic E-state index is -4.29. The van der Waals surface area contributed by atoms with Crippen molar-refractivity contribution in [3.05, 3.63) is 35.4 Å². The molecule has 0 aliphatic rings. The van der Waals surface area contributed by atoms with Crippen LogP contribution >= 0.6 is 24.0 Å². The fraction of sp³-hybridized carbons (Fsp3) is 0.611. The molecule has 0 aliphatic heterocycles. The third-order valence-corrected chi connectivity index (χ3v) is 3.69. The first-order chi connectivity index (χ1) is 11.5. The Morgan fingerprint density at radius 2 is 1.65 bits per heavy atom. The molecule has 4 nitrogen and oxygen atoms in total. The Kier molecular flexibility index (Phi) is 10.5. The van der Waals surface area contributed by atoms with Crippen LogP contribution in [0, 0.1) is 5.41 Å². The molecule has 150 valence electrons. The number of benzene rings is 1. The topological polar surface area (TPSA) is 39.7 Å². The van der Waals surface area contributed by atoms with Crippen LogP contribution in [-0.4, -0.2) is 51.6 Å². The van der Waals surface area contributed by atoms with Crippen molar-refractivity contribution in [1.29, 1.82) is 0 Å². The van der Waals surface area contributed by atoms with E-state index in [0.29, 0.717) is 18.9 Å². The highest BCUT2D eigenvalue weighted by Crippen LogP contribution is 2.29. The lowest BCUT2D eigenvalue weighted by atomic mass is 9.93. The normalized spacial score (nSPS) is 12.7. The quantitative estimate of drug-likeness (QED) is 0.352. The Labute approximate surface area is 171 Å². The number of nitrogens with one attached hydrogen (secondary N) is 2. The third kappa shape index (κ3) is 9.61. The Bertz CT molecular complexity index is 555. The number of hydrogen-bond donors (Lipinski definition) is 2. The van der Waals surface area contributed by atoms with E-state index >= 15 is 0 Å². The molecule has 1 rings (SSSR count). The maximum Gasteiger partial charge on any atom is 0.416 e. The number of aliphatic imine (C=N–C) groups is 1. The first kappa shape index (κ1) is 25.0. The SMILES string of the molecule is CN=C(NCCc1ccc(C(F)(F)F)cc1)NCC(C)(C)CN(C)C.I. The van der Waals surface area contributed by atoms with Crippen LogP contribution < -0.4 is 10.6 Å². The molecule has 0 radical (unpaired) electrons. The van der Waals surface area contributed by atoms with Gasteiger partial charge in [-0.15, -0.1) is 24.0 Å². The summed E-state index contributed by atoms with van der Waals surface area (Å²) in [6.07, 6.45) is -3.66. The second kappa shape index (κ2) is 11.0. The predicted octanol–water partition coefficient (Wildman–Crippen LogP) is 3.62. The van der Waals surface area contributed by atoms with Gasteiger partial charge >= 0.3 is 6.18 Å². The highest BCUT2D eigenvalue weighted by molar-refractivity contribution is 14.0. The summed E-state index contributed by atoms with van der Waals surface area (Å²) in [6.45, 7) is 6.66. The predicted molar refractivity (Wildman–Crippen MR) is 112 cm³/mol. The summed E-state index contributed by atoms with van der Waals surface area (Å²) in [5.74, 6) is 0.693. The van der Waals surface area contributed by atoms with Crippen LogP contribution in [0.1, 0.15) is 25.0 Å². The summed E-state index contributed by atoms with van der Waals surface area (Å²) in [7, 11) is 5.78. The van der Waals surface area contributed by atoms with Crippen molar-refractivity contribution in [2.45, 2.75) is 26.4 Å². The summed E-state index contributed by atoms with van der Waals surface area (Å²) < 4.78 is 37.6. The molecule has 8 heteroatoms. The van der Waals surface area contributed by atoms with Crippen molar-refractivity contribution in [2.75, 3.05) is 40.8 Å². The zero-order valence-electron chi connectivity index (χ0n) is 16.1. The van der Waals surface area contributed by atoms with Crippen LogP contribution in [0.5, 0.6) is 0 Å². The molecule has 1 aromatic rings. The van der Waals surface area contributed by atoms with Crippen LogP contribution in [0.2, 0.25) is 0 Å². The zero-order valence-corrected chi connectivity index (χ0v) is 18.4. The Balaban J connectivity index is 0.00000625. The second-order valence-electron chi connectivity index (χ2n) is 7.20. The van der Waals surface area contributed by atoms with Crippen LogP contribution in [-0.2, 0) is 12.6 Å². The average Bonchev–Trinajstić information content (AvgIpc) is 2.49. The van der Waals surface area contributed by atoms with Crippen molar-refractivity contribution in [3.8, 4) is 0 Å². The first-order valence-electron chi connectivity index (χ1n) is 8.29. The summed E-state index contributed by atoms with van der Waals surface area (Å²) in [5, 5.41) is 6.49. The molecule has 0 spiro atoms. The van der Waals surface area contributed by atoms with Gasteiger partial charge in [-0.05, 0) is 43.6 Å². The molecule has 0 amide bonds. The highest BCUT2D eigenvalue weighted by atomic mass is 127. The summed E-state index contributed by atoms with van der Waals surface area (Å²) >= 11 is 0. The third-order valence-electron chi connectivity index (χ3n) is 3.69. The van der Waals surface area contributed by atoms with Gasteiger partial charge in [0.1, 0.15) is 0 Å². The highest BCUT2D eigenvalue weighted by Gasteiger charge is 2.29. The van der Waals surface area contributed by atoms with E-state index in [1.807, 2.05) is 14.1 Å². The molecule has 0 heterocycles. The Morgan fingerprint density at radius 1 is 1.08 bits per heavy atom. The molecule has 0 atom stereocenters. The molecule has 0 saturated heterocycles. The van der Waals surface area contributed by atoms with Crippen molar-refractivity contribution in [3.63, 3.8) is 0 Å². The van der Waals surface area contributed by atoms with Gasteiger partial charge in [-0.3, -0.25) is 4.99 Å². The molecule has 1 aromatic carbocycles. The summed E-state index contributed by atoms with van der Waals surface area (Å²) in [4.78, 5) is 6.32. The molecule has 0 unspecified atom stereocenters. The molecule has 26 heavy (non-hydrogen) atoms. The van der Waals surface area contributed by atoms with Crippen molar-refractivity contribution >= 4 is 29.9 Å². The lowest BCUT2D eigenvalue weighted by Gasteiger charge is -2.29. The van der Waals surface area contributed by atoms with Crippen LogP contribution in [0.4, 0.5) is 13.2 Å². The van der Waals surface area contributed by atoms with Gasteiger partial charge in [0.15, 0.2) is 5.96 Å². The minimum Gasteiger partial charge on any atom is -0.356 e. The van der Waals surface area contributed by atoms with Gasteiger partial charge in [0.05, 0.1) is 5.56 Å². The fourth-order valence-electron chi connectivity index (χ4n) is 2.64. The zero-order chi connectivity index (χ0) is 19.1. The molecular weight excluding hydrogens is 456 g/mol. The lowest BCUT2D eigenvalue weighted by Crippen LogP contribution is -2.45. The number of guanidine groups is 1. The van der Waals surface area contributed by atoms with Crippen LogP contribution in [0.25, 0.3) is 0 Å². The van der Waals surface area contributed by atoms with Crippen molar-refractivity contribution in [1.82, 2.24) is 15.5 Å². The second-order valence-corrected chi connectivity index (χ2v) is 7.20. The van der Waals surface area contributed by atoms with Crippen LogP contribution in [0.15, 0.2) is 29.3 Å². The summed E-state index contributed by atoms with van der Waals surface area (Å²) in [5.41, 5.74) is 0.322. The van der Waals surface area contributed by atoms with Gasteiger partial charge in [0.25, 0.3) is 0 Å². The number of halogens is 4. The summed E-state index contributed by atoms with van der Waals surface area (Å²) in [6, 6.07) is 5.26. The molecule has 0 fully saturated rings. The van der Waals surface area contributed by atoms with Gasteiger partial charge < -0.3 is 15.5 Å². The van der Waals surface area contributed by atoms with E-state index in [-0.39, 0.29) is 29.4 Å². The van der Waals surface area contributed by atoms with E-state index in [0.717, 1.165) is 30.8 Å². The van der Waals surface area contributed by atoms with Crippen molar-refractivity contribution in [2.24, 2.45) is 10.4 Å². The van der Waals surface area contributed by atoms with E-state index in [1.54, 1.807) is 7.05 Å². The maximum absolute atomic E-state index is 12.5. The lowest BCUT2D eigenvalue weighted by molar-refractivity contribution is -0.137. The van der Waals surface area contributed by atoms with Gasteiger partial charge in [0.2, 0.25) is 0 Å². The Morgan fingerprint density at radius 3 is 2.12 bits per heavy atom. The van der Waals surface area contributed by atoms with E-state index < -0.39 is 11.7 Å². The molecular formula is C18H30F3IN4. The minimum absolute atomic E-state index is 0. The molecule has 2 N–H and O–H groups in total. The first-order valence-corrected chi connectivity index (χ1v) is 8.29.